The SMILES string of the molecule is CN(CCc1cccc(Cl)c1)C(=O)C1CN(c2c3c(nc4ccnn24)CCNCC3)C1. The number of benzene rings is 1. The zero-order valence-electron chi connectivity index (χ0n) is 17.7. The van der Waals surface area contributed by atoms with E-state index in [9.17, 15) is 4.79 Å². The molecule has 1 N–H and O–H groups in total. The fourth-order valence-corrected chi connectivity index (χ4v) is 4.77. The average molecular weight is 439 g/mol. The van der Waals surface area contributed by atoms with Gasteiger partial charge in [0.15, 0.2) is 5.65 Å². The van der Waals surface area contributed by atoms with Gasteiger partial charge in [0.1, 0.15) is 5.82 Å². The molecular weight excluding hydrogens is 412 g/mol. The van der Waals surface area contributed by atoms with Gasteiger partial charge < -0.3 is 15.1 Å². The molecule has 7 nitrogen and oxygen atoms in total. The van der Waals surface area contributed by atoms with Crippen LogP contribution in [0, 0.1) is 5.92 Å². The molecule has 0 radical (unpaired) electrons. The van der Waals surface area contributed by atoms with Crippen LogP contribution in [0.1, 0.15) is 16.8 Å². The van der Waals surface area contributed by atoms with Crippen molar-refractivity contribution in [3.8, 4) is 0 Å². The molecule has 0 unspecified atom stereocenters. The second kappa shape index (κ2) is 8.48. The van der Waals surface area contributed by atoms with E-state index < -0.39 is 0 Å². The summed E-state index contributed by atoms with van der Waals surface area (Å²) in [4.78, 5) is 21.9. The molecule has 1 aromatic carbocycles. The first-order chi connectivity index (χ1) is 15.1. The summed E-state index contributed by atoms with van der Waals surface area (Å²) in [6.07, 6.45) is 4.46. The number of halogens is 1. The lowest BCUT2D eigenvalue weighted by Gasteiger charge is -2.42. The Hall–Kier alpha value is -2.64. The molecule has 0 aliphatic carbocycles. The van der Waals surface area contributed by atoms with Crippen LogP contribution in [0.25, 0.3) is 5.65 Å². The highest BCUT2D eigenvalue weighted by atomic mass is 35.5. The highest BCUT2D eigenvalue weighted by Crippen LogP contribution is 2.32. The summed E-state index contributed by atoms with van der Waals surface area (Å²) in [6.45, 7) is 4.02. The maximum Gasteiger partial charge on any atom is 0.229 e. The molecule has 2 aliphatic rings. The van der Waals surface area contributed by atoms with Gasteiger partial charge >= 0.3 is 0 Å². The second-order valence-corrected chi connectivity index (χ2v) is 8.89. The minimum atomic E-state index is 0.0164. The first-order valence-corrected chi connectivity index (χ1v) is 11.3. The predicted octanol–water partition coefficient (Wildman–Crippen LogP) is 2.21. The third-order valence-corrected chi connectivity index (χ3v) is 6.55. The normalized spacial score (nSPS) is 16.6. The van der Waals surface area contributed by atoms with E-state index in [2.05, 4.69) is 21.4 Å². The number of nitrogens with one attached hydrogen (secondary N) is 1. The largest absolute Gasteiger partial charge is 0.354 e. The highest BCUT2D eigenvalue weighted by molar-refractivity contribution is 6.30. The summed E-state index contributed by atoms with van der Waals surface area (Å²) in [5.41, 5.74) is 4.45. The number of carbonyl (C=O) groups is 1. The van der Waals surface area contributed by atoms with Gasteiger partial charge in [-0.25, -0.2) is 4.98 Å². The van der Waals surface area contributed by atoms with Crippen molar-refractivity contribution >= 4 is 29.0 Å². The van der Waals surface area contributed by atoms with E-state index in [4.69, 9.17) is 16.6 Å². The molecular formula is C23H27ClN6O. The van der Waals surface area contributed by atoms with Crippen LogP contribution in [0.5, 0.6) is 0 Å². The quantitative estimate of drug-likeness (QED) is 0.661. The molecule has 0 bridgehead atoms. The van der Waals surface area contributed by atoms with E-state index in [1.165, 1.54) is 5.56 Å². The zero-order chi connectivity index (χ0) is 21.4. The van der Waals surface area contributed by atoms with E-state index in [1.807, 2.05) is 40.7 Å². The number of hydrogen-bond acceptors (Lipinski definition) is 5. The topological polar surface area (TPSA) is 65.8 Å². The first-order valence-electron chi connectivity index (χ1n) is 10.9. The number of hydrogen-bond donors (Lipinski definition) is 1. The third kappa shape index (κ3) is 4.00. The Labute approximate surface area is 187 Å². The summed E-state index contributed by atoms with van der Waals surface area (Å²) in [6, 6.07) is 9.79. The van der Waals surface area contributed by atoms with Crippen molar-refractivity contribution in [1.82, 2.24) is 24.8 Å². The molecule has 31 heavy (non-hydrogen) atoms. The van der Waals surface area contributed by atoms with Crippen molar-refractivity contribution < 1.29 is 4.79 Å². The third-order valence-electron chi connectivity index (χ3n) is 6.31. The summed E-state index contributed by atoms with van der Waals surface area (Å²) in [5, 5.41) is 8.71. The minimum absolute atomic E-state index is 0.0164. The van der Waals surface area contributed by atoms with Gasteiger partial charge in [0, 0.05) is 56.3 Å². The Bertz CT molecular complexity index is 1110. The van der Waals surface area contributed by atoms with Crippen LogP contribution in [0.2, 0.25) is 5.02 Å². The van der Waals surface area contributed by atoms with Crippen molar-refractivity contribution in [1.29, 1.82) is 0 Å². The van der Waals surface area contributed by atoms with Crippen molar-refractivity contribution in [2.24, 2.45) is 5.92 Å². The van der Waals surface area contributed by atoms with Gasteiger partial charge in [-0.2, -0.15) is 9.61 Å². The maximum absolute atomic E-state index is 13.0. The van der Waals surface area contributed by atoms with Crippen molar-refractivity contribution in [2.75, 3.05) is 44.7 Å². The molecule has 8 heteroatoms. The van der Waals surface area contributed by atoms with Crippen LogP contribution in [0.15, 0.2) is 36.5 Å². The van der Waals surface area contributed by atoms with Crippen LogP contribution < -0.4 is 10.2 Å². The maximum atomic E-state index is 13.0. The molecule has 2 aliphatic heterocycles. The minimum Gasteiger partial charge on any atom is -0.354 e. The predicted molar refractivity (Wildman–Crippen MR) is 122 cm³/mol. The van der Waals surface area contributed by atoms with Crippen LogP contribution in [-0.2, 0) is 24.1 Å². The van der Waals surface area contributed by atoms with Gasteiger partial charge in [-0.05, 0) is 37.1 Å². The smallest absolute Gasteiger partial charge is 0.229 e. The van der Waals surface area contributed by atoms with Gasteiger partial charge in [0.2, 0.25) is 5.91 Å². The zero-order valence-corrected chi connectivity index (χ0v) is 18.5. The molecule has 0 saturated carbocycles. The van der Waals surface area contributed by atoms with Gasteiger partial charge in [-0.3, -0.25) is 4.79 Å². The molecule has 2 aromatic heterocycles. The number of nitrogens with zero attached hydrogens (tertiary/aromatic N) is 5. The molecule has 5 rings (SSSR count). The Kier molecular flexibility index (Phi) is 5.54. The van der Waals surface area contributed by atoms with Gasteiger partial charge in [0.05, 0.1) is 17.8 Å². The van der Waals surface area contributed by atoms with E-state index in [0.717, 1.165) is 73.2 Å². The van der Waals surface area contributed by atoms with Crippen LogP contribution in [0.3, 0.4) is 0 Å². The Balaban J connectivity index is 1.27. The Morgan fingerprint density at radius 1 is 1.26 bits per heavy atom. The average Bonchev–Trinajstić information content (AvgIpc) is 3.07. The summed E-state index contributed by atoms with van der Waals surface area (Å²) >= 11 is 6.07. The van der Waals surface area contributed by atoms with E-state index in [1.54, 1.807) is 6.20 Å². The first kappa shape index (κ1) is 20.3. The number of likely N-dealkylation sites (N-methyl/N-ethyl adjacent to an activating group) is 1. The van der Waals surface area contributed by atoms with Gasteiger partial charge in [0.25, 0.3) is 0 Å². The standard InChI is InChI=1S/C23H27ClN6O/c1-28(12-8-16-3-2-4-18(24)13-16)23(31)17-14-29(15-17)22-19-5-9-25-10-6-20(19)27-21-7-11-26-30(21)22/h2-4,7,11,13,17,25H,5-6,8-10,12,14-15H2,1H3. The lowest BCUT2D eigenvalue weighted by molar-refractivity contribution is -0.134. The second-order valence-electron chi connectivity index (χ2n) is 8.45. The van der Waals surface area contributed by atoms with Gasteiger partial charge in [-0.15, -0.1) is 0 Å². The highest BCUT2D eigenvalue weighted by Gasteiger charge is 2.37. The van der Waals surface area contributed by atoms with Crippen LogP contribution >= 0.6 is 11.6 Å². The Morgan fingerprint density at radius 3 is 2.94 bits per heavy atom. The number of fused-ring (bicyclic) bond motifs is 2. The lowest BCUT2D eigenvalue weighted by Crippen LogP contribution is -2.55. The van der Waals surface area contributed by atoms with E-state index in [-0.39, 0.29) is 11.8 Å². The molecule has 4 heterocycles. The molecule has 1 fully saturated rings. The number of rotatable bonds is 5. The summed E-state index contributed by atoms with van der Waals surface area (Å²) in [5.74, 6) is 1.33. The van der Waals surface area contributed by atoms with Crippen molar-refractivity contribution in [2.45, 2.75) is 19.3 Å². The van der Waals surface area contributed by atoms with E-state index in [0.29, 0.717) is 6.54 Å². The van der Waals surface area contributed by atoms with Crippen LogP contribution in [-0.4, -0.2) is 65.2 Å². The monoisotopic (exact) mass is 438 g/mol. The van der Waals surface area contributed by atoms with Crippen LogP contribution in [0.4, 0.5) is 5.82 Å². The molecule has 3 aromatic rings. The fourth-order valence-electron chi connectivity index (χ4n) is 4.56. The lowest BCUT2D eigenvalue weighted by atomic mass is 9.96. The van der Waals surface area contributed by atoms with Crippen molar-refractivity contribution in [3.05, 3.63) is 58.4 Å². The number of carbonyl (C=O) groups excluding carboxylic acids is 1. The van der Waals surface area contributed by atoms with E-state index >= 15 is 0 Å². The molecule has 162 valence electrons. The molecule has 0 atom stereocenters. The number of anilines is 1. The summed E-state index contributed by atoms with van der Waals surface area (Å²) in [7, 11) is 1.89. The van der Waals surface area contributed by atoms with Crippen molar-refractivity contribution in [3.63, 3.8) is 0 Å². The number of amides is 1. The number of aromatic nitrogens is 3. The fraction of sp³-hybridized carbons (Fsp3) is 0.435. The molecule has 1 saturated heterocycles. The van der Waals surface area contributed by atoms with Gasteiger partial charge in [-0.1, -0.05) is 23.7 Å². The summed E-state index contributed by atoms with van der Waals surface area (Å²) < 4.78 is 1.94. The Morgan fingerprint density at radius 2 is 2.10 bits per heavy atom. The molecule has 0 spiro atoms. The molecule has 1 amide bonds.